The minimum absolute atomic E-state index is 0.206. The van der Waals surface area contributed by atoms with Crippen LogP contribution in [0.5, 0.6) is 0 Å². The van der Waals surface area contributed by atoms with Crippen molar-refractivity contribution in [1.29, 1.82) is 0 Å². The number of benzene rings is 19. The second-order valence-corrected chi connectivity index (χ2v) is 37.6. The van der Waals surface area contributed by atoms with Crippen LogP contribution in [0.1, 0.15) is 105 Å². The van der Waals surface area contributed by atoms with E-state index in [1.165, 1.54) is 87.1 Å². The Labute approximate surface area is 715 Å². The molecular formula is C118H98N4. The van der Waals surface area contributed by atoms with Crippen molar-refractivity contribution in [1.82, 2.24) is 9.13 Å². The van der Waals surface area contributed by atoms with E-state index in [0.717, 1.165) is 133 Å². The number of aromatic nitrogens is 2. The lowest BCUT2D eigenvalue weighted by Gasteiger charge is -2.33. The average Bonchev–Trinajstić information content (AvgIpc) is 1.54. The van der Waals surface area contributed by atoms with E-state index in [1.54, 1.807) is 0 Å². The van der Waals surface area contributed by atoms with Crippen molar-refractivity contribution in [2.24, 2.45) is 0 Å². The quantitative estimate of drug-likeness (QED) is 0.113. The summed E-state index contributed by atoms with van der Waals surface area (Å²) in [6.07, 6.45) is 0. The summed E-state index contributed by atoms with van der Waals surface area (Å²) >= 11 is 0. The van der Waals surface area contributed by atoms with Gasteiger partial charge in [-0.05, 0) is 239 Å². The van der Waals surface area contributed by atoms with Crippen LogP contribution in [0, 0.1) is 0 Å². The molecule has 0 unspecified atom stereocenters. The van der Waals surface area contributed by atoms with Crippen molar-refractivity contribution in [3.63, 3.8) is 0 Å². The number of anilines is 6. The van der Waals surface area contributed by atoms with Crippen LogP contribution in [0.2, 0.25) is 0 Å². The van der Waals surface area contributed by atoms with Crippen LogP contribution in [0.25, 0.3) is 164 Å². The van der Waals surface area contributed by atoms with Gasteiger partial charge in [0.2, 0.25) is 0 Å². The maximum atomic E-state index is 2.63. The fourth-order valence-corrected chi connectivity index (χ4v) is 19.6. The standard InChI is InChI=1S/C118H98N4/c1-115(2,3)79-65-80(116(4,5)6)68-87(67-79)119(105-73-107-113(97-55-35-31-51-93(97)105)111-91-49-27-25-41-77(91)57-63-103(111)121(107)83-43-21-15-22-44-83)85-59-61-99-101(71-85)109(95-53-33-29-47-89(95)75-37-17-13-18-38-75)100-62-60-86(72-102(100)110(99)96-54-34-30-48-90(96)76-39-19-14-20-40-76)120(88-69-81(117(7,8)9)66-82(70-88)118(10,11)12)106-74-108-114(98-56-36-32-52-94(98)106)112-92-50-28-26-42-78(92)58-64-104(112)122(108)84-45-23-16-24-46-84/h13-74H,1-12H3. The number of nitrogens with zero attached hydrogens (tertiary/aromatic N) is 4. The maximum Gasteiger partial charge on any atom is 0.0568 e. The van der Waals surface area contributed by atoms with Gasteiger partial charge in [-0.3, -0.25) is 0 Å². The minimum atomic E-state index is -0.206. The molecule has 0 atom stereocenters. The van der Waals surface area contributed by atoms with Crippen LogP contribution < -0.4 is 9.80 Å². The SMILES string of the molecule is CC(C)(C)c1cc(N(c2ccc3c(-c4ccccc4-c4ccccc4)c4cc(N(c5cc(C(C)(C)C)cc(C(C)(C)C)c5)c5cc6c(c7ccccc57)c5c7ccccc7ccc5n6-c5ccccc5)ccc4c(-c4ccccc4-c4ccccc4)c3c2)c2cc3c(c4ccccc24)c2c4ccccc4ccc2n3-c2ccccc2)cc(C(C)(C)C)c1. The molecule has 0 aliphatic carbocycles. The zero-order valence-corrected chi connectivity index (χ0v) is 71.6. The first-order valence-corrected chi connectivity index (χ1v) is 43.2. The van der Waals surface area contributed by atoms with E-state index >= 15 is 0 Å². The highest BCUT2D eigenvalue weighted by molar-refractivity contribution is 6.33. The van der Waals surface area contributed by atoms with Crippen LogP contribution in [-0.4, -0.2) is 9.13 Å². The number of para-hydroxylation sites is 2. The Balaban J connectivity index is 0.931. The number of hydrogen-bond acceptors (Lipinski definition) is 2. The molecule has 0 N–H and O–H groups in total. The van der Waals surface area contributed by atoms with Gasteiger partial charge in [-0.1, -0.05) is 362 Å². The Morgan fingerprint density at radius 1 is 0.197 bits per heavy atom. The molecule has 2 aromatic heterocycles. The molecule has 0 saturated heterocycles. The first-order chi connectivity index (χ1) is 59.1. The normalized spacial score (nSPS) is 12.4. The number of hydrogen-bond donors (Lipinski definition) is 0. The van der Waals surface area contributed by atoms with Crippen LogP contribution in [0.3, 0.4) is 0 Å². The Morgan fingerprint density at radius 3 is 0.844 bits per heavy atom. The first kappa shape index (κ1) is 75.4. The largest absolute Gasteiger partial charge is 0.310 e. The molecular weight excluding hydrogens is 1470 g/mol. The molecule has 21 rings (SSSR count). The molecule has 0 aliphatic rings. The lowest BCUT2D eigenvalue weighted by molar-refractivity contribution is 0.568. The summed E-state index contributed by atoms with van der Waals surface area (Å²) in [4.78, 5) is 5.26. The molecule has 0 fully saturated rings. The number of fused-ring (bicyclic) bond motifs is 16. The molecule has 0 spiro atoms. The molecule has 21 aromatic rings. The topological polar surface area (TPSA) is 16.3 Å². The Hall–Kier alpha value is -14.1. The van der Waals surface area contributed by atoms with Crippen LogP contribution in [-0.2, 0) is 21.7 Å². The van der Waals surface area contributed by atoms with E-state index in [4.69, 9.17) is 0 Å². The molecule has 0 amide bonds. The molecule has 4 heteroatoms. The predicted molar refractivity (Wildman–Crippen MR) is 526 cm³/mol. The summed E-state index contributed by atoms with van der Waals surface area (Å²) in [7, 11) is 0. The zero-order chi connectivity index (χ0) is 83.2. The highest BCUT2D eigenvalue weighted by Gasteiger charge is 2.33. The summed E-state index contributed by atoms with van der Waals surface area (Å²) in [5, 5.41) is 19.1. The second-order valence-electron chi connectivity index (χ2n) is 37.6. The summed E-state index contributed by atoms with van der Waals surface area (Å²) in [6.45, 7) is 28.4. The Kier molecular flexibility index (Phi) is 17.8. The molecule has 0 bridgehead atoms. The van der Waals surface area contributed by atoms with E-state index < -0.39 is 0 Å². The second kappa shape index (κ2) is 28.9. The van der Waals surface area contributed by atoms with Gasteiger partial charge in [0, 0.05) is 66.4 Å². The van der Waals surface area contributed by atoms with Crippen molar-refractivity contribution < 1.29 is 0 Å². The molecule has 19 aromatic carbocycles. The molecule has 0 saturated carbocycles. The van der Waals surface area contributed by atoms with E-state index in [2.05, 4.69) is 478 Å². The van der Waals surface area contributed by atoms with Crippen molar-refractivity contribution in [3.8, 4) is 55.9 Å². The number of rotatable bonds is 12. The third-order valence-corrected chi connectivity index (χ3v) is 25.8. The van der Waals surface area contributed by atoms with Crippen molar-refractivity contribution in [2.75, 3.05) is 9.80 Å². The Bertz CT molecular complexity index is 7240. The summed E-state index contributed by atoms with van der Waals surface area (Å²) in [6, 6.07) is 143. The van der Waals surface area contributed by atoms with Gasteiger partial charge in [-0.2, -0.15) is 0 Å². The van der Waals surface area contributed by atoms with Crippen molar-refractivity contribution >= 4 is 142 Å². The average molecular weight is 1570 g/mol. The summed E-state index contributed by atoms with van der Waals surface area (Å²) in [5.41, 5.74) is 26.7. The summed E-state index contributed by atoms with van der Waals surface area (Å²) in [5.74, 6) is 0. The fourth-order valence-electron chi connectivity index (χ4n) is 19.6. The molecule has 0 radical (unpaired) electrons. The highest BCUT2D eigenvalue weighted by atomic mass is 15.2. The van der Waals surface area contributed by atoms with Crippen molar-refractivity contribution in [3.05, 3.63) is 398 Å². The fraction of sp³-hybridized carbons (Fsp3) is 0.136. The molecule has 0 aliphatic heterocycles. The van der Waals surface area contributed by atoms with Crippen molar-refractivity contribution in [2.45, 2.75) is 105 Å². The van der Waals surface area contributed by atoms with Gasteiger partial charge < -0.3 is 18.9 Å². The first-order valence-electron chi connectivity index (χ1n) is 43.2. The van der Waals surface area contributed by atoms with Crippen LogP contribution in [0.15, 0.2) is 376 Å². The van der Waals surface area contributed by atoms with Gasteiger partial charge >= 0.3 is 0 Å². The zero-order valence-electron chi connectivity index (χ0n) is 71.6. The van der Waals surface area contributed by atoms with Gasteiger partial charge in [0.1, 0.15) is 0 Å². The van der Waals surface area contributed by atoms with E-state index in [-0.39, 0.29) is 21.7 Å². The molecule has 122 heavy (non-hydrogen) atoms. The maximum absolute atomic E-state index is 2.63. The van der Waals surface area contributed by atoms with Crippen LogP contribution >= 0.6 is 0 Å². The Morgan fingerprint density at radius 2 is 0.492 bits per heavy atom. The lowest BCUT2D eigenvalue weighted by Crippen LogP contribution is -2.19. The van der Waals surface area contributed by atoms with Gasteiger partial charge in [0.15, 0.2) is 0 Å². The third kappa shape index (κ3) is 12.6. The smallest absolute Gasteiger partial charge is 0.0568 e. The highest BCUT2D eigenvalue weighted by Crippen LogP contribution is 2.56. The predicted octanol–water partition coefficient (Wildman–Crippen LogP) is 33.6. The lowest BCUT2D eigenvalue weighted by atomic mass is 9.80. The van der Waals surface area contributed by atoms with E-state index in [0.29, 0.717) is 0 Å². The molecule has 590 valence electrons. The minimum Gasteiger partial charge on any atom is -0.310 e. The van der Waals surface area contributed by atoms with E-state index in [1.807, 2.05) is 0 Å². The monoisotopic (exact) mass is 1570 g/mol. The van der Waals surface area contributed by atoms with Gasteiger partial charge in [-0.25, -0.2) is 0 Å². The van der Waals surface area contributed by atoms with E-state index in [9.17, 15) is 0 Å². The summed E-state index contributed by atoms with van der Waals surface area (Å²) < 4.78 is 5.04. The van der Waals surface area contributed by atoms with Gasteiger partial charge in [0.05, 0.1) is 33.4 Å². The molecule has 4 nitrogen and oxygen atoms in total. The van der Waals surface area contributed by atoms with Gasteiger partial charge in [0.25, 0.3) is 0 Å². The molecule has 2 heterocycles. The van der Waals surface area contributed by atoms with Gasteiger partial charge in [-0.15, -0.1) is 0 Å². The van der Waals surface area contributed by atoms with Crippen LogP contribution in [0.4, 0.5) is 34.1 Å². The third-order valence-electron chi connectivity index (χ3n) is 25.8.